The second-order valence-corrected chi connectivity index (χ2v) is 4.86. The summed E-state index contributed by atoms with van der Waals surface area (Å²) in [6, 6.07) is -0.170. The minimum Gasteiger partial charge on any atom is -0.468 e. The molecule has 0 aromatic rings. The van der Waals surface area contributed by atoms with Crippen LogP contribution in [-0.2, 0) is 9.53 Å². The zero-order chi connectivity index (χ0) is 12.2. The Morgan fingerprint density at radius 2 is 2.25 bits per heavy atom. The number of piperidine rings is 1. The molecule has 4 heteroatoms. The predicted octanol–water partition coefficient (Wildman–Crippen LogP) is 1.17. The molecule has 1 fully saturated rings. The van der Waals surface area contributed by atoms with E-state index in [0.717, 1.165) is 25.8 Å². The van der Waals surface area contributed by atoms with Crippen molar-refractivity contribution in [3.05, 3.63) is 0 Å². The molecule has 0 radical (unpaired) electrons. The van der Waals surface area contributed by atoms with Gasteiger partial charge in [-0.1, -0.05) is 13.3 Å². The van der Waals surface area contributed by atoms with E-state index in [0.29, 0.717) is 13.0 Å². The largest absolute Gasteiger partial charge is 0.468 e. The number of hydrogen-bond donors (Lipinski definition) is 1. The van der Waals surface area contributed by atoms with Crippen LogP contribution in [0.1, 0.15) is 39.5 Å². The third-order valence-corrected chi connectivity index (χ3v) is 3.39. The van der Waals surface area contributed by atoms with Crippen molar-refractivity contribution in [2.24, 2.45) is 0 Å². The van der Waals surface area contributed by atoms with E-state index in [1.165, 1.54) is 7.11 Å². The number of nitrogens with zero attached hydrogens (tertiary/aromatic N) is 1. The number of hydrogen-bond acceptors (Lipinski definition) is 4. The van der Waals surface area contributed by atoms with Crippen molar-refractivity contribution in [1.82, 2.24) is 4.90 Å². The lowest BCUT2D eigenvalue weighted by molar-refractivity contribution is -0.149. The van der Waals surface area contributed by atoms with E-state index in [4.69, 9.17) is 4.74 Å². The van der Waals surface area contributed by atoms with Gasteiger partial charge in [-0.15, -0.1) is 0 Å². The molecular formula is C12H23NO3. The maximum Gasteiger partial charge on any atom is 0.323 e. The molecule has 1 aliphatic heterocycles. The number of methoxy groups -OCH3 is 1. The minimum atomic E-state index is -0.719. The van der Waals surface area contributed by atoms with Crippen LogP contribution in [0.2, 0.25) is 0 Å². The van der Waals surface area contributed by atoms with E-state index in [-0.39, 0.29) is 12.0 Å². The molecule has 0 amide bonds. The van der Waals surface area contributed by atoms with Crippen LogP contribution in [0.4, 0.5) is 0 Å². The smallest absolute Gasteiger partial charge is 0.323 e. The Kier molecular flexibility index (Phi) is 4.74. The Labute approximate surface area is 97.6 Å². The number of carbonyl (C=O) groups is 1. The zero-order valence-electron chi connectivity index (χ0n) is 10.5. The van der Waals surface area contributed by atoms with E-state index in [1.807, 2.05) is 13.8 Å². The molecule has 0 aromatic heterocycles. The van der Waals surface area contributed by atoms with E-state index < -0.39 is 5.60 Å². The SMILES string of the molecule is CCC(C)(O)CN1CCCCC1C(=O)OC. The van der Waals surface area contributed by atoms with Crippen molar-refractivity contribution >= 4 is 5.97 Å². The Morgan fingerprint density at radius 1 is 1.56 bits per heavy atom. The van der Waals surface area contributed by atoms with Crippen molar-refractivity contribution in [3.8, 4) is 0 Å². The first-order valence-electron chi connectivity index (χ1n) is 6.04. The zero-order valence-corrected chi connectivity index (χ0v) is 10.5. The standard InChI is InChI=1S/C12H23NO3/c1-4-12(2,15)9-13-8-6-5-7-10(13)11(14)16-3/h10,15H,4-9H2,1-3H3. The molecule has 1 saturated heterocycles. The molecule has 0 bridgehead atoms. The molecule has 4 nitrogen and oxygen atoms in total. The number of ether oxygens (including phenoxy) is 1. The maximum absolute atomic E-state index is 11.6. The summed E-state index contributed by atoms with van der Waals surface area (Å²) in [5, 5.41) is 10.1. The summed E-state index contributed by atoms with van der Waals surface area (Å²) in [6.45, 7) is 5.19. The second kappa shape index (κ2) is 5.64. The Morgan fingerprint density at radius 3 is 2.81 bits per heavy atom. The fourth-order valence-corrected chi connectivity index (χ4v) is 2.13. The Hall–Kier alpha value is -0.610. The molecule has 94 valence electrons. The van der Waals surface area contributed by atoms with Gasteiger partial charge in [0.15, 0.2) is 0 Å². The van der Waals surface area contributed by atoms with Crippen molar-refractivity contribution < 1.29 is 14.6 Å². The summed E-state index contributed by atoms with van der Waals surface area (Å²) in [6.07, 6.45) is 3.68. The van der Waals surface area contributed by atoms with Crippen molar-refractivity contribution in [3.63, 3.8) is 0 Å². The Balaban J connectivity index is 2.63. The number of carbonyl (C=O) groups excluding carboxylic acids is 1. The normalized spacial score (nSPS) is 26.1. The van der Waals surface area contributed by atoms with E-state index in [2.05, 4.69) is 4.90 Å². The molecule has 1 aliphatic rings. The number of likely N-dealkylation sites (tertiary alicyclic amines) is 1. The number of aliphatic hydroxyl groups is 1. The van der Waals surface area contributed by atoms with Crippen LogP contribution < -0.4 is 0 Å². The predicted molar refractivity (Wildman–Crippen MR) is 62.1 cm³/mol. The number of rotatable bonds is 4. The average Bonchev–Trinajstić information content (AvgIpc) is 2.28. The van der Waals surface area contributed by atoms with Crippen molar-refractivity contribution in [2.45, 2.75) is 51.2 Å². The summed E-state index contributed by atoms with van der Waals surface area (Å²) in [7, 11) is 1.42. The monoisotopic (exact) mass is 229 g/mol. The van der Waals surface area contributed by atoms with Crippen LogP contribution in [0.3, 0.4) is 0 Å². The first-order chi connectivity index (χ1) is 7.50. The topological polar surface area (TPSA) is 49.8 Å². The molecule has 1 heterocycles. The second-order valence-electron chi connectivity index (χ2n) is 4.86. The van der Waals surface area contributed by atoms with E-state index in [9.17, 15) is 9.90 Å². The highest BCUT2D eigenvalue weighted by Gasteiger charge is 2.33. The van der Waals surface area contributed by atoms with Crippen LogP contribution >= 0.6 is 0 Å². The van der Waals surface area contributed by atoms with Crippen LogP contribution in [0.5, 0.6) is 0 Å². The van der Waals surface area contributed by atoms with E-state index in [1.54, 1.807) is 0 Å². The summed E-state index contributed by atoms with van der Waals surface area (Å²) >= 11 is 0. The van der Waals surface area contributed by atoms with Crippen molar-refractivity contribution in [1.29, 1.82) is 0 Å². The van der Waals surface area contributed by atoms with E-state index >= 15 is 0 Å². The summed E-state index contributed by atoms with van der Waals surface area (Å²) in [4.78, 5) is 13.7. The molecule has 2 atom stereocenters. The average molecular weight is 229 g/mol. The third kappa shape index (κ3) is 3.46. The lowest BCUT2D eigenvalue weighted by Gasteiger charge is -2.38. The highest BCUT2D eigenvalue weighted by molar-refractivity contribution is 5.75. The van der Waals surface area contributed by atoms with Crippen molar-refractivity contribution in [2.75, 3.05) is 20.2 Å². The summed E-state index contributed by atoms with van der Waals surface area (Å²) < 4.78 is 4.81. The van der Waals surface area contributed by atoms with Crippen LogP contribution in [0, 0.1) is 0 Å². The quantitative estimate of drug-likeness (QED) is 0.735. The molecule has 0 saturated carbocycles. The first kappa shape index (κ1) is 13.5. The summed E-state index contributed by atoms with van der Waals surface area (Å²) in [5.41, 5.74) is -0.719. The van der Waals surface area contributed by atoms with Crippen LogP contribution in [0.25, 0.3) is 0 Å². The molecule has 2 unspecified atom stereocenters. The highest BCUT2D eigenvalue weighted by atomic mass is 16.5. The van der Waals surface area contributed by atoms with Gasteiger partial charge in [-0.25, -0.2) is 0 Å². The fourth-order valence-electron chi connectivity index (χ4n) is 2.13. The Bertz CT molecular complexity index is 240. The highest BCUT2D eigenvalue weighted by Crippen LogP contribution is 2.21. The molecule has 16 heavy (non-hydrogen) atoms. The third-order valence-electron chi connectivity index (χ3n) is 3.39. The van der Waals surface area contributed by atoms with Gasteiger partial charge in [0.1, 0.15) is 6.04 Å². The summed E-state index contributed by atoms with van der Waals surface area (Å²) in [5.74, 6) is -0.174. The van der Waals surface area contributed by atoms with Gasteiger partial charge in [-0.3, -0.25) is 9.69 Å². The molecule has 1 rings (SSSR count). The fraction of sp³-hybridized carbons (Fsp3) is 0.917. The van der Waals surface area contributed by atoms with Gasteiger partial charge in [0.05, 0.1) is 12.7 Å². The number of esters is 1. The molecule has 0 aliphatic carbocycles. The van der Waals surface area contributed by atoms with Gasteiger partial charge in [0, 0.05) is 6.54 Å². The lowest BCUT2D eigenvalue weighted by Crippen LogP contribution is -2.51. The molecule has 1 N–H and O–H groups in total. The van der Waals surface area contributed by atoms with Gasteiger partial charge in [-0.2, -0.15) is 0 Å². The van der Waals surface area contributed by atoms with Gasteiger partial charge in [0.2, 0.25) is 0 Å². The molecule has 0 aromatic carbocycles. The maximum atomic E-state index is 11.6. The number of β-amino-alcohol motifs (C(OH)–C–C–N with tert-alkyl or cyclic N) is 1. The van der Waals surface area contributed by atoms with Gasteiger partial charge in [0.25, 0.3) is 0 Å². The van der Waals surface area contributed by atoms with Gasteiger partial charge < -0.3 is 9.84 Å². The van der Waals surface area contributed by atoms with Crippen LogP contribution in [-0.4, -0.2) is 47.8 Å². The minimum absolute atomic E-state index is 0.170. The lowest BCUT2D eigenvalue weighted by atomic mass is 9.97. The van der Waals surface area contributed by atoms with Gasteiger partial charge >= 0.3 is 5.97 Å². The molecular weight excluding hydrogens is 206 g/mol. The van der Waals surface area contributed by atoms with Gasteiger partial charge in [-0.05, 0) is 32.7 Å². The molecule has 0 spiro atoms. The first-order valence-corrected chi connectivity index (χ1v) is 6.04. The van der Waals surface area contributed by atoms with Crippen LogP contribution in [0.15, 0.2) is 0 Å².